The van der Waals surface area contributed by atoms with Gasteiger partial charge < -0.3 is 15.0 Å². The average Bonchev–Trinajstić information content (AvgIpc) is 2.64. The Hall–Kier alpha value is -2.53. The van der Waals surface area contributed by atoms with E-state index in [-0.39, 0.29) is 23.8 Å². The van der Waals surface area contributed by atoms with E-state index < -0.39 is 0 Å². The lowest BCUT2D eigenvalue weighted by molar-refractivity contribution is -0.140. The van der Waals surface area contributed by atoms with Crippen LogP contribution in [0.25, 0.3) is 0 Å². The Bertz CT molecular complexity index is 810. The molecule has 2 aromatic rings. The second-order valence-electron chi connectivity index (χ2n) is 6.34. The highest BCUT2D eigenvalue weighted by Gasteiger charge is 2.38. The number of rotatable bonds is 4. The van der Waals surface area contributed by atoms with Gasteiger partial charge in [-0.2, -0.15) is 0 Å². The predicted octanol–water partition coefficient (Wildman–Crippen LogP) is 3.90. The van der Waals surface area contributed by atoms with Gasteiger partial charge in [0.1, 0.15) is 5.75 Å². The molecule has 136 valence electrons. The van der Waals surface area contributed by atoms with Crippen LogP contribution in [0.4, 0.5) is 5.69 Å². The molecule has 2 amide bonds. The van der Waals surface area contributed by atoms with E-state index in [4.69, 9.17) is 16.3 Å². The summed E-state index contributed by atoms with van der Waals surface area (Å²) in [6, 6.07) is 14.4. The summed E-state index contributed by atoms with van der Waals surface area (Å²) in [5.74, 6) is 0.0741. The number of hydrogen-bond acceptors (Lipinski definition) is 3. The van der Waals surface area contributed by atoms with E-state index in [0.29, 0.717) is 29.3 Å². The molecule has 2 atom stereocenters. The van der Waals surface area contributed by atoms with Crippen molar-refractivity contribution in [3.05, 3.63) is 59.1 Å². The van der Waals surface area contributed by atoms with Crippen LogP contribution in [0.5, 0.6) is 5.75 Å². The zero-order chi connectivity index (χ0) is 18.7. The van der Waals surface area contributed by atoms with Crippen molar-refractivity contribution in [1.29, 1.82) is 0 Å². The fourth-order valence-corrected chi connectivity index (χ4v) is 3.59. The zero-order valence-corrected chi connectivity index (χ0v) is 15.5. The Morgan fingerprint density at radius 2 is 1.96 bits per heavy atom. The Morgan fingerprint density at radius 3 is 2.65 bits per heavy atom. The highest BCUT2D eigenvalue weighted by Crippen LogP contribution is 2.37. The third-order valence-corrected chi connectivity index (χ3v) is 4.99. The first-order valence-corrected chi connectivity index (χ1v) is 8.84. The first-order valence-electron chi connectivity index (χ1n) is 8.46. The molecule has 1 heterocycles. The number of carbonyl (C=O) groups excluding carboxylic acids is 2. The van der Waals surface area contributed by atoms with Crippen LogP contribution in [-0.4, -0.2) is 30.9 Å². The maximum absolute atomic E-state index is 13.0. The smallest absolute Gasteiger partial charge is 0.230 e. The monoisotopic (exact) mass is 372 g/mol. The Morgan fingerprint density at radius 1 is 1.23 bits per heavy atom. The molecule has 1 aliphatic heterocycles. The van der Waals surface area contributed by atoms with Gasteiger partial charge in [0, 0.05) is 18.5 Å². The molecule has 2 aromatic carbocycles. The van der Waals surface area contributed by atoms with E-state index in [1.54, 1.807) is 37.3 Å². The maximum Gasteiger partial charge on any atom is 0.230 e. The molecule has 26 heavy (non-hydrogen) atoms. The predicted molar refractivity (Wildman–Crippen MR) is 101 cm³/mol. The Kier molecular flexibility index (Phi) is 5.47. The summed E-state index contributed by atoms with van der Waals surface area (Å²) in [6.45, 7) is 0. The number of nitrogens with one attached hydrogen (secondary N) is 1. The van der Waals surface area contributed by atoms with Crippen molar-refractivity contribution in [2.45, 2.75) is 18.9 Å². The van der Waals surface area contributed by atoms with Gasteiger partial charge in [-0.1, -0.05) is 41.9 Å². The number of carbonyl (C=O) groups is 2. The van der Waals surface area contributed by atoms with Crippen LogP contribution in [0.1, 0.15) is 24.4 Å². The van der Waals surface area contributed by atoms with Gasteiger partial charge in [-0.3, -0.25) is 9.59 Å². The molecule has 1 saturated heterocycles. The number of benzene rings is 2. The van der Waals surface area contributed by atoms with Crippen LogP contribution in [0.15, 0.2) is 48.5 Å². The molecule has 1 N–H and O–H groups in total. The van der Waals surface area contributed by atoms with E-state index in [9.17, 15) is 9.59 Å². The van der Waals surface area contributed by atoms with Gasteiger partial charge in [0.15, 0.2) is 0 Å². The number of piperidine rings is 1. The van der Waals surface area contributed by atoms with Crippen molar-refractivity contribution >= 4 is 29.1 Å². The van der Waals surface area contributed by atoms with Crippen LogP contribution in [-0.2, 0) is 9.59 Å². The van der Waals surface area contributed by atoms with Gasteiger partial charge in [0.2, 0.25) is 11.8 Å². The van der Waals surface area contributed by atoms with Crippen molar-refractivity contribution in [2.24, 2.45) is 5.92 Å². The lowest BCUT2D eigenvalue weighted by atomic mass is 9.84. The first-order chi connectivity index (χ1) is 12.5. The van der Waals surface area contributed by atoms with Crippen LogP contribution < -0.4 is 10.1 Å². The SMILES string of the molecule is COc1ccc(Cl)cc1NC(=O)[C@@H]1CCC(=O)N(C)[C@@H]1c1ccccc1. The molecule has 0 bridgehead atoms. The second kappa shape index (κ2) is 7.79. The van der Waals surface area contributed by atoms with Crippen LogP contribution in [0.2, 0.25) is 5.02 Å². The van der Waals surface area contributed by atoms with Gasteiger partial charge >= 0.3 is 0 Å². The number of amides is 2. The fraction of sp³-hybridized carbons (Fsp3) is 0.300. The third kappa shape index (κ3) is 3.68. The number of ether oxygens (including phenoxy) is 1. The van der Waals surface area contributed by atoms with E-state index in [1.807, 2.05) is 30.3 Å². The van der Waals surface area contributed by atoms with Crippen molar-refractivity contribution in [2.75, 3.05) is 19.5 Å². The maximum atomic E-state index is 13.0. The van der Waals surface area contributed by atoms with Crippen molar-refractivity contribution < 1.29 is 14.3 Å². The second-order valence-corrected chi connectivity index (χ2v) is 6.78. The van der Waals surface area contributed by atoms with Crippen LogP contribution in [0, 0.1) is 5.92 Å². The summed E-state index contributed by atoms with van der Waals surface area (Å²) in [6.07, 6.45) is 0.849. The number of nitrogens with zero attached hydrogens (tertiary/aromatic N) is 1. The van der Waals surface area contributed by atoms with E-state index >= 15 is 0 Å². The highest BCUT2D eigenvalue weighted by molar-refractivity contribution is 6.31. The van der Waals surface area contributed by atoms with Gasteiger partial charge in [-0.05, 0) is 30.2 Å². The Labute approximate surface area is 157 Å². The summed E-state index contributed by atoms with van der Waals surface area (Å²) in [5.41, 5.74) is 1.47. The van der Waals surface area contributed by atoms with E-state index in [0.717, 1.165) is 5.56 Å². The summed E-state index contributed by atoms with van der Waals surface area (Å²) in [4.78, 5) is 26.9. The third-order valence-electron chi connectivity index (χ3n) is 4.76. The average molecular weight is 373 g/mol. The number of hydrogen-bond donors (Lipinski definition) is 1. The molecule has 1 aliphatic rings. The minimum Gasteiger partial charge on any atom is -0.495 e. The number of methoxy groups -OCH3 is 1. The van der Waals surface area contributed by atoms with Crippen LogP contribution >= 0.6 is 11.6 Å². The quantitative estimate of drug-likeness (QED) is 0.885. The van der Waals surface area contributed by atoms with Crippen molar-refractivity contribution in [1.82, 2.24) is 4.90 Å². The minimum atomic E-state index is -0.358. The van der Waals surface area contributed by atoms with Gasteiger partial charge in [-0.25, -0.2) is 0 Å². The molecular formula is C20H21ClN2O3. The van der Waals surface area contributed by atoms with Gasteiger partial charge in [0.05, 0.1) is 24.8 Å². The summed E-state index contributed by atoms with van der Waals surface area (Å²) >= 11 is 6.05. The molecule has 0 unspecified atom stereocenters. The molecule has 1 fully saturated rings. The normalized spacial score (nSPS) is 20.0. The summed E-state index contributed by atoms with van der Waals surface area (Å²) in [7, 11) is 3.29. The van der Waals surface area contributed by atoms with Gasteiger partial charge in [0.25, 0.3) is 0 Å². The number of likely N-dealkylation sites (tertiary alicyclic amines) is 1. The van der Waals surface area contributed by atoms with Crippen LogP contribution in [0.3, 0.4) is 0 Å². The standard InChI is InChI=1S/C20H21ClN2O3/c1-23-18(24)11-9-15(19(23)13-6-4-3-5-7-13)20(25)22-16-12-14(21)8-10-17(16)26-2/h3-8,10,12,15,19H,9,11H2,1-2H3,(H,22,25)/t15-,19-/m1/s1. The lowest BCUT2D eigenvalue weighted by Crippen LogP contribution is -2.44. The van der Waals surface area contributed by atoms with E-state index in [1.165, 1.54) is 0 Å². The molecule has 3 rings (SSSR count). The number of halogens is 1. The van der Waals surface area contributed by atoms with Crippen molar-refractivity contribution in [3.63, 3.8) is 0 Å². The van der Waals surface area contributed by atoms with Crippen molar-refractivity contribution in [3.8, 4) is 5.75 Å². The number of anilines is 1. The topological polar surface area (TPSA) is 58.6 Å². The molecule has 0 radical (unpaired) electrons. The molecule has 5 nitrogen and oxygen atoms in total. The highest BCUT2D eigenvalue weighted by atomic mass is 35.5. The fourth-order valence-electron chi connectivity index (χ4n) is 3.42. The zero-order valence-electron chi connectivity index (χ0n) is 14.7. The summed E-state index contributed by atoms with van der Waals surface area (Å²) in [5, 5.41) is 3.43. The summed E-state index contributed by atoms with van der Waals surface area (Å²) < 4.78 is 5.30. The largest absolute Gasteiger partial charge is 0.495 e. The molecule has 0 saturated carbocycles. The minimum absolute atomic E-state index is 0.0447. The molecule has 6 heteroatoms. The molecular weight excluding hydrogens is 352 g/mol. The molecule has 0 aliphatic carbocycles. The first kappa shape index (κ1) is 18.3. The Balaban J connectivity index is 1.89. The lowest BCUT2D eigenvalue weighted by Gasteiger charge is -2.38. The van der Waals surface area contributed by atoms with Gasteiger partial charge in [-0.15, -0.1) is 0 Å². The molecule has 0 spiro atoms. The molecule has 0 aromatic heterocycles. The van der Waals surface area contributed by atoms with E-state index in [2.05, 4.69) is 5.32 Å².